The molecule has 27 heteroatoms. The monoisotopic (exact) mass is 1500 g/mol. The molecule has 0 spiro atoms. The summed E-state index contributed by atoms with van der Waals surface area (Å²) in [7, 11) is 0. The SMILES string of the molecule is NCCNC(=O)c1cn(C2CCCC2)c2nc(Nc3ccc(CCN4CCCC4)cc3)ncc2c1=O.O=C(NCCO)c1cn(C2CCCC2)c2nc(Nc3ccc(CCN4CCCC4)cc3)ncc2c1=O.O=C(c1cn(C2CCCC2)c2nc(Nc3ccc(CCN4CCCC4)cc3)ncc2c1=O)N1CCOCC1. The van der Waals surface area contributed by atoms with Gasteiger partial charge in [-0.2, -0.15) is 15.0 Å². The maximum atomic E-state index is 13.4. The summed E-state index contributed by atoms with van der Waals surface area (Å²) in [6, 6.07) is 25.7. The molecule has 0 atom stereocenters. The standard InChI is InChI=1S/C29H36N6O3.C27H35N7O2.C27H34N6O3/c36-26-24-19-30-29(31-22-9-7-21(8-10-22)11-14-33-12-3-4-13-33)32-27(24)35(23-5-1-2-6-23)20-25(26)28(37)34-15-17-38-18-16-34;28-12-13-29-26(36)23-18-34(21-5-1-2-6-21)25-22(24(23)35)17-30-27(32-25)31-20-9-7-19(8-10-20)11-16-33-14-3-4-15-33;34-16-12-28-26(36)23-18-33(21-5-1-2-6-21)25-22(24(23)35)17-29-27(31-25)30-20-9-7-19(8-10-20)11-15-32-13-3-4-14-32/h7-10,19-20,23H,1-6,11-18H2,(H,30,31,32);7-10,17-18,21H,1-6,11-16,28H2,(H,29,36)(H,30,31,32);7-10,17-18,21,34H,1-6,11-16H2,(H,28,36)(H,29,30,31). The fourth-order valence-corrected chi connectivity index (χ4v) is 16.5. The third-order valence-corrected chi connectivity index (χ3v) is 22.7. The van der Waals surface area contributed by atoms with Gasteiger partial charge in [-0.25, -0.2) is 15.0 Å². The number of carbonyl (C=O) groups is 3. The molecule has 7 aliphatic rings. The van der Waals surface area contributed by atoms with Gasteiger partial charge in [0.2, 0.25) is 34.1 Å². The maximum absolute atomic E-state index is 13.4. The number of aliphatic hydroxyl groups is 1. The normalized spacial score (nSPS) is 17.4. The predicted octanol–water partition coefficient (Wildman–Crippen LogP) is 9.75. The molecule has 27 nitrogen and oxygen atoms in total. The first-order valence-corrected chi connectivity index (χ1v) is 40.1. The zero-order valence-corrected chi connectivity index (χ0v) is 63.2. The zero-order valence-electron chi connectivity index (χ0n) is 63.2. The number of anilines is 6. The molecule has 3 aromatic carbocycles. The van der Waals surface area contributed by atoms with Crippen molar-refractivity contribution in [3.8, 4) is 0 Å². The van der Waals surface area contributed by atoms with E-state index in [1.807, 2.05) is 38.0 Å². The van der Waals surface area contributed by atoms with Gasteiger partial charge in [0.05, 0.1) is 36.0 Å². The highest BCUT2D eigenvalue weighted by Crippen LogP contribution is 2.35. The number of benzene rings is 3. The molecule has 10 heterocycles. The summed E-state index contributed by atoms with van der Waals surface area (Å²) < 4.78 is 11.4. The first kappa shape index (κ1) is 76.9. The average Bonchev–Trinajstić information content (AvgIpc) is 1.20. The van der Waals surface area contributed by atoms with Crippen LogP contribution < -0.4 is 48.6 Å². The van der Waals surface area contributed by atoms with Gasteiger partial charge >= 0.3 is 0 Å². The van der Waals surface area contributed by atoms with E-state index in [0.29, 0.717) is 90.3 Å². The van der Waals surface area contributed by atoms with E-state index in [9.17, 15) is 28.8 Å². The Labute approximate surface area is 640 Å². The van der Waals surface area contributed by atoms with Crippen LogP contribution >= 0.6 is 0 Å². The van der Waals surface area contributed by atoms with Crippen LogP contribution in [0.1, 0.15) is 181 Å². The number of amides is 3. The molecule has 9 aromatic rings. The van der Waals surface area contributed by atoms with Crippen molar-refractivity contribution < 1.29 is 24.2 Å². The third kappa shape index (κ3) is 19.1. The van der Waals surface area contributed by atoms with E-state index < -0.39 is 17.2 Å². The van der Waals surface area contributed by atoms with Crippen LogP contribution in [0.3, 0.4) is 0 Å². The van der Waals surface area contributed by atoms with Crippen LogP contribution in [0.25, 0.3) is 33.1 Å². The fraction of sp³-hybridized carbons (Fsp3) is 0.494. The maximum Gasteiger partial charge on any atom is 0.259 e. The van der Waals surface area contributed by atoms with Crippen LogP contribution in [0, 0.1) is 0 Å². The third-order valence-electron chi connectivity index (χ3n) is 22.7. The number of nitrogens with zero attached hydrogens (tertiary/aromatic N) is 13. The van der Waals surface area contributed by atoms with Crippen molar-refractivity contribution in [1.82, 2.24) is 73.8 Å². The highest BCUT2D eigenvalue weighted by molar-refractivity contribution is 5.98. The van der Waals surface area contributed by atoms with Gasteiger partial charge in [0.25, 0.3) is 17.7 Å². The molecule has 16 rings (SSSR count). The number of aromatic nitrogens is 9. The van der Waals surface area contributed by atoms with E-state index >= 15 is 0 Å². The van der Waals surface area contributed by atoms with Gasteiger partial charge in [-0.05, 0) is 189 Å². The molecule has 6 aromatic heterocycles. The van der Waals surface area contributed by atoms with Crippen molar-refractivity contribution in [3.63, 3.8) is 0 Å². The first-order chi connectivity index (χ1) is 53.9. The number of carbonyl (C=O) groups excluding carboxylic acids is 3. The van der Waals surface area contributed by atoms with Crippen molar-refractivity contribution in [3.05, 3.63) is 174 Å². The number of likely N-dealkylation sites (tertiary alicyclic amines) is 3. The molecule has 4 saturated heterocycles. The molecular weight excluding hydrogens is 1390 g/mol. The minimum Gasteiger partial charge on any atom is -0.395 e. The van der Waals surface area contributed by atoms with Gasteiger partial charge in [0, 0.05) is 125 Å². The summed E-state index contributed by atoms with van der Waals surface area (Å²) in [5, 5.41) is 25.3. The number of hydrogen-bond acceptors (Lipinski definition) is 21. The lowest BCUT2D eigenvalue weighted by Crippen LogP contribution is -2.42. The van der Waals surface area contributed by atoms with E-state index in [1.165, 1.54) is 107 Å². The van der Waals surface area contributed by atoms with Gasteiger partial charge in [0.15, 0.2) is 0 Å². The lowest BCUT2D eigenvalue weighted by molar-refractivity contribution is 0.0301. The van der Waals surface area contributed by atoms with Crippen molar-refractivity contribution in [2.24, 2.45) is 5.73 Å². The van der Waals surface area contributed by atoms with Crippen molar-refractivity contribution in [2.75, 3.05) is 127 Å². The van der Waals surface area contributed by atoms with Gasteiger partial charge in [0.1, 0.15) is 33.6 Å². The summed E-state index contributed by atoms with van der Waals surface area (Å²) in [6.07, 6.45) is 33.3. The summed E-state index contributed by atoms with van der Waals surface area (Å²) in [6.45, 7) is 13.1. The first-order valence-electron chi connectivity index (χ1n) is 40.1. The van der Waals surface area contributed by atoms with Crippen LogP contribution in [0.5, 0.6) is 0 Å². The molecule has 7 fully saturated rings. The van der Waals surface area contributed by atoms with E-state index in [2.05, 4.69) is 105 Å². The number of pyridine rings is 3. The van der Waals surface area contributed by atoms with Gasteiger partial charge in [-0.15, -0.1) is 0 Å². The number of rotatable bonds is 25. The quantitative estimate of drug-likeness (QED) is 0.0280. The van der Waals surface area contributed by atoms with E-state index in [4.69, 9.17) is 30.5 Å². The summed E-state index contributed by atoms with van der Waals surface area (Å²) in [5.41, 5.74) is 13.1. The van der Waals surface area contributed by atoms with Gasteiger partial charge in [-0.1, -0.05) is 74.9 Å². The highest BCUT2D eigenvalue weighted by Gasteiger charge is 2.30. The molecule has 110 heavy (non-hydrogen) atoms. The number of ether oxygens (including phenoxy) is 1. The number of nitrogens with one attached hydrogen (secondary N) is 5. The molecule has 3 amide bonds. The van der Waals surface area contributed by atoms with Crippen LogP contribution in [0.2, 0.25) is 0 Å². The number of morpholine rings is 1. The number of aliphatic hydroxyl groups excluding tert-OH is 1. The van der Waals surface area contributed by atoms with Crippen molar-refractivity contribution >= 4 is 85.7 Å². The molecule has 0 bridgehead atoms. The molecule has 0 unspecified atom stereocenters. The lowest BCUT2D eigenvalue weighted by Gasteiger charge is -2.27. The summed E-state index contributed by atoms with van der Waals surface area (Å²) in [4.78, 5) is 115. The van der Waals surface area contributed by atoms with Crippen molar-refractivity contribution in [1.29, 1.82) is 0 Å². The summed E-state index contributed by atoms with van der Waals surface area (Å²) >= 11 is 0. The Morgan fingerprint density at radius 3 is 1.07 bits per heavy atom. The highest BCUT2D eigenvalue weighted by atomic mass is 16.5. The second kappa shape index (κ2) is 37.2. The topological polar surface area (TPSA) is 323 Å². The Bertz CT molecular complexity index is 4620. The minimum atomic E-state index is -0.491. The molecular formula is C83H105N19O8. The molecule has 4 aliphatic heterocycles. The number of hydrogen-bond donors (Lipinski definition) is 7. The second-order valence-electron chi connectivity index (χ2n) is 30.2. The Hall–Kier alpha value is -9.90. The second-order valence-corrected chi connectivity index (χ2v) is 30.2. The number of nitrogens with two attached hydrogens (primary N) is 1. The van der Waals surface area contributed by atoms with Gasteiger partial charge < -0.3 is 75.5 Å². The Kier molecular flexibility index (Phi) is 26.0. The van der Waals surface area contributed by atoms with Gasteiger partial charge in [-0.3, -0.25) is 28.8 Å². The van der Waals surface area contributed by atoms with E-state index in [1.54, 1.807) is 29.7 Å². The minimum absolute atomic E-state index is 0.0525. The van der Waals surface area contributed by atoms with E-state index in [0.717, 1.165) is 133 Å². The molecule has 8 N–H and O–H groups in total. The largest absolute Gasteiger partial charge is 0.395 e. The van der Waals surface area contributed by atoms with Crippen LogP contribution in [0.4, 0.5) is 34.9 Å². The molecule has 580 valence electrons. The Morgan fingerprint density at radius 1 is 0.427 bits per heavy atom. The molecule has 3 aliphatic carbocycles. The number of fused-ring (bicyclic) bond motifs is 3. The smallest absolute Gasteiger partial charge is 0.259 e. The molecule has 0 radical (unpaired) electrons. The Morgan fingerprint density at radius 2 is 0.745 bits per heavy atom. The molecule has 3 saturated carbocycles. The van der Waals surface area contributed by atoms with Crippen LogP contribution in [0.15, 0.2) is 124 Å². The van der Waals surface area contributed by atoms with Crippen LogP contribution in [-0.4, -0.2) is 197 Å². The average molecular weight is 1500 g/mol. The van der Waals surface area contributed by atoms with Crippen LogP contribution in [-0.2, 0) is 24.0 Å². The lowest BCUT2D eigenvalue weighted by atomic mass is 10.1. The predicted molar refractivity (Wildman–Crippen MR) is 429 cm³/mol. The fourth-order valence-electron chi connectivity index (χ4n) is 16.5. The summed E-state index contributed by atoms with van der Waals surface area (Å²) in [5.74, 6) is 0.148. The zero-order chi connectivity index (χ0) is 75.7. The van der Waals surface area contributed by atoms with Crippen molar-refractivity contribution in [2.45, 2.75) is 153 Å². The van der Waals surface area contributed by atoms with E-state index in [-0.39, 0.29) is 64.7 Å². The Balaban J connectivity index is 0.000000138.